The second-order valence-corrected chi connectivity index (χ2v) is 7.36. The van der Waals surface area contributed by atoms with E-state index in [-0.39, 0.29) is 17.5 Å². The van der Waals surface area contributed by atoms with Crippen LogP contribution in [0, 0.1) is 5.41 Å². The molecule has 1 spiro atoms. The predicted molar refractivity (Wildman–Crippen MR) is 92.7 cm³/mol. The fourth-order valence-electron chi connectivity index (χ4n) is 4.60. The molecule has 1 N–H and O–H groups in total. The largest absolute Gasteiger partial charge is 0.378 e. The van der Waals surface area contributed by atoms with E-state index in [0.29, 0.717) is 12.1 Å². The van der Waals surface area contributed by atoms with Crippen LogP contribution in [0.2, 0.25) is 0 Å². The zero-order valence-corrected chi connectivity index (χ0v) is 15.1. The van der Waals surface area contributed by atoms with E-state index in [1.807, 2.05) is 29.6 Å². The fourth-order valence-corrected chi connectivity index (χ4v) is 4.60. The summed E-state index contributed by atoms with van der Waals surface area (Å²) in [4.78, 5) is 18.6. The summed E-state index contributed by atoms with van der Waals surface area (Å²) in [6.45, 7) is 5.58. The predicted octanol–water partition coefficient (Wildman–Crippen LogP) is 2.65. The molecule has 2 fully saturated rings. The lowest BCUT2D eigenvalue weighted by atomic mass is 9.60. The van der Waals surface area contributed by atoms with Gasteiger partial charge in [-0.15, -0.1) is 0 Å². The van der Waals surface area contributed by atoms with Crippen LogP contribution in [0.1, 0.15) is 46.0 Å². The molecule has 2 aliphatic rings. The lowest BCUT2D eigenvalue weighted by Crippen LogP contribution is -2.65. The van der Waals surface area contributed by atoms with Crippen molar-refractivity contribution >= 4 is 6.03 Å². The van der Waals surface area contributed by atoms with Gasteiger partial charge < -0.3 is 19.5 Å². The van der Waals surface area contributed by atoms with Crippen LogP contribution in [0.4, 0.5) is 4.79 Å². The lowest BCUT2D eigenvalue weighted by molar-refractivity contribution is -0.151. The Bertz CT molecular complexity index is 539. The number of amides is 2. The number of carbonyl (C=O) groups excluding carboxylic acids is 1. The van der Waals surface area contributed by atoms with Crippen LogP contribution in [-0.2, 0) is 11.3 Å². The average molecular weight is 334 g/mol. The topological polar surface area (TPSA) is 59.4 Å². The number of rotatable bonds is 6. The number of urea groups is 1. The van der Waals surface area contributed by atoms with Crippen LogP contribution in [0.25, 0.3) is 0 Å². The normalized spacial score (nSPS) is 26.1. The molecular formula is C18H30N4O2. The first-order chi connectivity index (χ1) is 11.6. The van der Waals surface area contributed by atoms with Crippen LogP contribution >= 0.6 is 0 Å². The minimum absolute atomic E-state index is 0.0221. The third-order valence-corrected chi connectivity index (χ3v) is 5.85. The summed E-state index contributed by atoms with van der Waals surface area (Å²) in [6.07, 6.45) is 11.6. The minimum Gasteiger partial charge on any atom is -0.378 e. The van der Waals surface area contributed by atoms with Crippen molar-refractivity contribution in [1.29, 1.82) is 0 Å². The Morgan fingerprint density at radius 3 is 2.88 bits per heavy atom. The van der Waals surface area contributed by atoms with Crippen molar-refractivity contribution in [2.24, 2.45) is 5.41 Å². The second-order valence-electron chi connectivity index (χ2n) is 7.36. The van der Waals surface area contributed by atoms with Crippen molar-refractivity contribution in [3.8, 4) is 0 Å². The smallest absolute Gasteiger partial charge is 0.317 e. The van der Waals surface area contributed by atoms with Gasteiger partial charge in [-0.3, -0.25) is 0 Å². The van der Waals surface area contributed by atoms with Crippen LogP contribution in [0.5, 0.6) is 0 Å². The summed E-state index contributed by atoms with van der Waals surface area (Å²) in [7, 11) is 1.94. The molecule has 2 saturated carbocycles. The van der Waals surface area contributed by atoms with Crippen LogP contribution in [0.15, 0.2) is 18.7 Å². The molecule has 0 aromatic carbocycles. The van der Waals surface area contributed by atoms with E-state index in [2.05, 4.69) is 17.2 Å². The SMILES string of the molecule is CCO[C@@H]1C[C@@H](N(C)C(=O)N[C@@H](C)Cn2ccnc2)C12CCCC2. The molecule has 0 aliphatic heterocycles. The molecule has 6 heteroatoms. The first-order valence-corrected chi connectivity index (χ1v) is 9.17. The summed E-state index contributed by atoms with van der Waals surface area (Å²) in [6, 6.07) is 0.391. The molecule has 1 aromatic rings. The Morgan fingerprint density at radius 2 is 2.25 bits per heavy atom. The maximum Gasteiger partial charge on any atom is 0.317 e. The van der Waals surface area contributed by atoms with E-state index in [1.54, 1.807) is 12.5 Å². The highest BCUT2D eigenvalue weighted by atomic mass is 16.5. The first kappa shape index (κ1) is 17.3. The highest BCUT2D eigenvalue weighted by Crippen LogP contribution is 2.56. The molecule has 1 heterocycles. The Kier molecular flexibility index (Phi) is 5.13. The van der Waals surface area contributed by atoms with Gasteiger partial charge in [0, 0.05) is 50.1 Å². The van der Waals surface area contributed by atoms with Crippen molar-refractivity contribution in [2.45, 2.75) is 70.7 Å². The van der Waals surface area contributed by atoms with Gasteiger partial charge in [-0.25, -0.2) is 9.78 Å². The zero-order chi connectivity index (χ0) is 17.2. The molecule has 134 valence electrons. The number of aromatic nitrogens is 2. The van der Waals surface area contributed by atoms with E-state index in [4.69, 9.17) is 4.74 Å². The third kappa shape index (κ3) is 3.16. The van der Waals surface area contributed by atoms with Gasteiger partial charge in [-0.1, -0.05) is 12.8 Å². The zero-order valence-electron chi connectivity index (χ0n) is 15.1. The molecule has 24 heavy (non-hydrogen) atoms. The molecule has 3 rings (SSSR count). The molecule has 3 atom stereocenters. The van der Waals surface area contributed by atoms with E-state index in [9.17, 15) is 4.79 Å². The van der Waals surface area contributed by atoms with E-state index in [1.165, 1.54) is 25.7 Å². The Hall–Kier alpha value is -1.56. The van der Waals surface area contributed by atoms with Gasteiger partial charge in [0.05, 0.1) is 12.4 Å². The van der Waals surface area contributed by atoms with Crippen molar-refractivity contribution < 1.29 is 9.53 Å². The number of hydrogen-bond acceptors (Lipinski definition) is 3. The number of carbonyl (C=O) groups is 1. The molecule has 0 bridgehead atoms. The number of ether oxygens (including phenoxy) is 1. The number of nitrogens with one attached hydrogen (secondary N) is 1. The van der Waals surface area contributed by atoms with Gasteiger partial charge in [0.15, 0.2) is 0 Å². The summed E-state index contributed by atoms with van der Waals surface area (Å²) in [5, 5.41) is 3.12. The quantitative estimate of drug-likeness (QED) is 0.870. The average Bonchev–Trinajstić information content (AvgIpc) is 3.22. The summed E-state index contributed by atoms with van der Waals surface area (Å²) in [5.74, 6) is 0. The van der Waals surface area contributed by atoms with Crippen molar-refractivity contribution in [3.63, 3.8) is 0 Å². The number of hydrogen-bond donors (Lipinski definition) is 1. The molecular weight excluding hydrogens is 304 g/mol. The summed E-state index contributed by atoms with van der Waals surface area (Å²) in [5.41, 5.74) is 0.190. The Balaban J connectivity index is 1.57. The fraction of sp³-hybridized carbons (Fsp3) is 0.778. The van der Waals surface area contributed by atoms with Gasteiger partial charge in [-0.2, -0.15) is 0 Å². The molecule has 0 radical (unpaired) electrons. The standard InChI is InChI=1S/C18H30N4O2/c1-4-24-16-11-15(18(16)7-5-6-8-18)21(3)17(23)20-14(2)12-22-10-9-19-13-22/h9-10,13-16H,4-8,11-12H2,1-3H3,(H,20,23)/t14-,15+,16+/m0/s1. The van der Waals surface area contributed by atoms with Gasteiger partial charge in [0.2, 0.25) is 0 Å². The second kappa shape index (κ2) is 7.13. The monoisotopic (exact) mass is 334 g/mol. The molecule has 2 aliphatic carbocycles. The van der Waals surface area contributed by atoms with Crippen LogP contribution < -0.4 is 5.32 Å². The summed E-state index contributed by atoms with van der Waals surface area (Å²) >= 11 is 0. The van der Waals surface area contributed by atoms with Gasteiger partial charge in [0.25, 0.3) is 0 Å². The van der Waals surface area contributed by atoms with Crippen LogP contribution in [-0.4, -0.2) is 52.3 Å². The van der Waals surface area contributed by atoms with Gasteiger partial charge in [-0.05, 0) is 33.1 Å². The highest BCUT2D eigenvalue weighted by molar-refractivity contribution is 5.74. The Morgan fingerprint density at radius 1 is 1.50 bits per heavy atom. The molecule has 0 unspecified atom stereocenters. The highest BCUT2D eigenvalue weighted by Gasteiger charge is 2.58. The van der Waals surface area contributed by atoms with E-state index in [0.717, 1.165) is 19.6 Å². The molecule has 2 amide bonds. The van der Waals surface area contributed by atoms with Gasteiger partial charge >= 0.3 is 6.03 Å². The summed E-state index contributed by atoms with van der Waals surface area (Å²) < 4.78 is 7.94. The maximum absolute atomic E-state index is 12.7. The van der Waals surface area contributed by atoms with Crippen LogP contribution in [0.3, 0.4) is 0 Å². The minimum atomic E-state index is 0.0221. The lowest BCUT2D eigenvalue weighted by Gasteiger charge is -2.56. The molecule has 1 aromatic heterocycles. The first-order valence-electron chi connectivity index (χ1n) is 9.17. The van der Waals surface area contributed by atoms with Crippen molar-refractivity contribution in [2.75, 3.05) is 13.7 Å². The van der Waals surface area contributed by atoms with Crippen molar-refractivity contribution in [1.82, 2.24) is 19.8 Å². The number of imidazole rings is 1. The molecule has 6 nitrogen and oxygen atoms in total. The van der Waals surface area contributed by atoms with Crippen molar-refractivity contribution in [3.05, 3.63) is 18.7 Å². The third-order valence-electron chi connectivity index (χ3n) is 5.85. The van der Waals surface area contributed by atoms with E-state index < -0.39 is 0 Å². The number of nitrogens with zero attached hydrogens (tertiary/aromatic N) is 3. The van der Waals surface area contributed by atoms with E-state index >= 15 is 0 Å². The van der Waals surface area contributed by atoms with Gasteiger partial charge in [0.1, 0.15) is 0 Å². The molecule has 0 saturated heterocycles. The maximum atomic E-state index is 12.7. The Labute approximate surface area is 144 Å².